The third-order valence-electron chi connectivity index (χ3n) is 3.90. The lowest BCUT2D eigenvalue weighted by Crippen LogP contribution is -2.46. The van der Waals surface area contributed by atoms with Gasteiger partial charge in [0.1, 0.15) is 5.75 Å². The van der Waals surface area contributed by atoms with Crippen LogP contribution in [-0.2, 0) is 6.42 Å². The Morgan fingerprint density at radius 1 is 1.39 bits per heavy atom. The van der Waals surface area contributed by atoms with Crippen LogP contribution in [0.2, 0.25) is 0 Å². The predicted molar refractivity (Wildman–Crippen MR) is 74.7 cm³/mol. The maximum atomic E-state index is 9.24. The second-order valence-corrected chi connectivity index (χ2v) is 5.45. The van der Waals surface area contributed by atoms with Gasteiger partial charge in [0, 0.05) is 18.6 Å². The summed E-state index contributed by atoms with van der Waals surface area (Å²) in [6, 6.07) is 8.47. The Balaban J connectivity index is 1.80. The van der Waals surface area contributed by atoms with Gasteiger partial charge in [-0.3, -0.25) is 4.90 Å². The van der Waals surface area contributed by atoms with Gasteiger partial charge in [0.2, 0.25) is 0 Å². The zero-order valence-electron chi connectivity index (χ0n) is 11.2. The van der Waals surface area contributed by atoms with Gasteiger partial charge >= 0.3 is 0 Å². The van der Waals surface area contributed by atoms with E-state index in [0.29, 0.717) is 17.8 Å². The van der Waals surface area contributed by atoms with Crippen LogP contribution in [0.25, 0.3) is 0 Å². The maximum Gasteiger partial charge on any atom is 0.115 e. The van der Waals surface area contributed by atoms with E-state index in [0.717, 1.165) is 19.4 Å². The second-order valence-electron chi connectivity index (χ2n) is 5.45. The monoisotopic (exact) mass is 248 g/mol. The molecule has 0 aliphatic carbocycles. The highest BCUT2D eigenvalue weighted by Crippen LogP contribution is 2.17. The number of benzene rings is 1. The third kappa shape index (κ3) is 3.72. The lowest BCUT2D eigenvalue weighted by molar-refractivity contribution is 0.152. The molecule has 1 saturated heterocycles. The highest BCUT2D eigenvalue weighted by Gasteiger charge is 2.20. The number of hydrogen-bond acceptors (Lipinski definition) is 3. The van der Waals surface area contributed by atoms with Crippen LogP contribution in [0.15, 0.2) is 24.3 Å². The lowest BCUT2D eigenvalue weighted by Gasteiger charge is -2.35. The first-order chi connectivity index (χ1) is 8.65. The summed E-state index contributed by atoms with van der Waals surface area (Å²) in [6.45, 7) is 4.51. The van der Waals surface area contributed by atoms with Gasteiger partial charge in [-0.15, -0.1) is 0 Å². The molecule has 18 heavy (non-hydrogen) atoms. The minimum atomic E-state index is 0.341. The van der Waals surface area contributed by atoms with Crippen molar-refractivity contribution >= 4 is 0 Å². The zero-order valence-corrected chi connectivity index (χ0v) is 11.2. The smallest absolute Gasteiger partial charge is 0.115 e. The minimum Gasteiger partial charge on any atom is -0.508 e. The van der Waals surface area contributed by atoms with Gasteiger partial charge in [0.15, 0.2) is 0 Å². The molecule has 1 heterocycles. The number of rotatable bonds is 4. The van der Waals surface area contributed by atoms with Crippen LogP contribution in [0.5, 0.6) is 5.75 Å². The van der Waals surface area contributed by atoms with E-state index in [1.165, 1.54) is 24.9 Å². The van der Waals surface area contributed by atoms with Gasteiger partial charge in [0.05, 0.1) is 0 Å². The number of piperidine rings is 1. The molecule has 3 nitrogen and oxygen atoms in total. The standard InChI is InChI=1S/C15H24N2O/c1-12(17-10-2-3-14(16)11-17)4-5-13-6-8-15(18)9-7-13/h6-9,12,14,18H,2-5,10-11,16H2,1H3. The molecular formula is C15H24N2O. The number of likely N-dealkylation sites (tertiary alicyclic amines) is 1. The van der Waals surface area contributed by atoms with Crippen LogP contribution in [0.3, 0.4) is 0 Å². The van der Waals surface area contributed by atoms with Crippen molar-refractivity contribution in [3.63, 3.8) is 0 Å². The Bertz CT molecular complexity index is 363. The normalized spacial score (nSPS) is 22.9. The van der Waals surface area contributed by atoms with Gasteiger partial charge in [-0.2, -0.15) is 0 Å². The van der Waals surface area contributed by atoms with E-state index in [-0.39, 0.29) is 0 Å². The molecule has 0 spiro atoms. The molecule has 0 radical (unpaired) electrons. The summed E-state index contributed by atoms with van der Waals surface area (Å²) in [6.07, 6.45) is 4.61. The molecule has 100 valence electrons. The van der Waals surface area contributed by atoms with Crippen LogP contribution in [0.4, 0.5) is 0 Å². The van der Waals surface area contributed by atoms with Crippen LogP contribution in [0, 0.1) is 0 Å². The van der Waals surface area contributed by atoms with E-state index in [1.807, 2.05) is 12.1 Å². The molecule has 1 aromatic rings. The first-order valence-corrected chi connectivity index (χ1v) is 6.92. The van der Waals surface area contributed by atoms with Crippen molar-refractivity contribution < 1.29 is 5.11 Å². The van der Waals surface area contributed by atoms with Crippen LogP contribution < -0.4 is 5.73 Å². The summed E-state index contributed by atoms with van der Waals surface area (Å²) >= 11 is 0. The Morgan fingerprint density at radius 2 is 2.11 bits per heavy atom. The average molecular weight is 248 g/mol. The van der Waals surface area contributed by atoms with Crippen molar-refractivity contribution in [3.05, 3.63) is 29.8 Å². The zero-order chi connectivity index (χ0) is 13.0. The van der Waals surface area contributed by atoms with Crippen molar-refractivity contribution in [2.45, 2.75) is 44.7 Å². The summed E-state index contributed by atoms with van der Waals surface area (Å²) in [4.78, 5) is 2.51. The Kier molecular flexibility index (Phi) is 4.61. The fraction of sp³-hybridized carbons (Fsp3) is 0.600. The molecule has 0 bridgehead atoms. The van der Waals surface area contributed by atoms with Crippen LogP contribution in [-0.4, -0.2) is 35.2 Å². The van der Waals surface area contributed by atoms with Crippen molar-refractivity contribution in [2.75, 3.05) is 13.1 Å². The number of aromatic hydroxyl groups is 1. The van der Waals surface area contributed by atoms with E-state index in [9.17, 15) is 5.11 Å². The Morgan fingerprint density at radius 3 is 2.78 bits per heavy atom. The largest absolute Gasteiger partial charge is 0.508 e. The SMILES string of the molecule is CC(CCc1ccc(O)cc1)N1CCCC(N)C1. The first kappa shape index (κ1) is 13.4. The molecular weight excluding hydrogens is 224 g/mol. The number of hydrogen-bond donors (Lipinski definition) is 2. The maximum absolute atomic E-state index is 9.24. The molecule has 2 rings (SSSR count). The quantitative estimate of drug-likeness (QED) is 0.858. The van der Waals surface area contributed by atoms with Crippen molar-refractivity contribution in [1.82, 2.24) is 4.90 Å². The Hall–Kier alpha value is -1.06. The van der Waals surface area contributed by atoms with Gasteiger partial charge in [-0.1, -0.05) is 12.1 Å². The summed E-state index contributed by atoms with van der Waals surface area (Å²) in [5.41, 5.74) is 7.31. The van der Waals surface area contributed by atoms with Crippen molar-refractivity contribution in [2.24, 2.45) is 5.73 Å². The molecule has 3 heteroatoms. The molecule has 1 aliphatic heterocycles. The number of aryl methyl sites for hydroxylation is 1. The van der Waals surface area contributed by atoms with E-state index < -0.39 is 0 Å². The van der Waals surface area contributed by atoms with E-state index >= 15 is 0 Å². The topological polar surface area (TPSA) is 49.5 Å². The van der Waals surface area contributed by atoms with Crippen LogP contribution >= 0.6 is 0 Å². The fourth-order valence-electron chi connectivity index (χ4n) is 2.66. The fourth-order valence-corrected chi connectivity index (χ4v) is 2.66. The highest BCUT2D eigenvalue weighted by atomic mass is 16.3. The highest BCUT2D eigenvalue weighted by molar-refractivity contribution is 5.25. The second kappa shape index (κ2) is 6.21. The van der Waals surface area contributed by atoms with Crippen molar-refractivity contribution in [1.29, 1.82) is 0 Å². The third-order valence-corrected chi connectivity index (χ3v) is 3.90. The molecule has 3 N–H and O–H groups in total. The number of nitrogens with two attached hydrogens (primary N) is 1. The number of phenols is 1. The Labute approximate surface area is 110 Å². The van der Waals surface area contributed by atoms with Gasteiger partial charge in [-0.25, -0.2) is 0 Å². The van der Waals surface area contributed by atoms with Gasteiger partial charge in [0.25, 0.3) is 0 Å². The summed E-state index contributed by atoms with van der Waals surface area (Å²) in [5.74, 6) is 0.341. The lowest BCUT2D eigenvalue weighted by atomic mass is 10.0. The molecule has 0 saturated carbocycles. The summed E-state index contributed by atoms with van der Waals surface area (Å²) in [5, 5.41) is 9.24. The van der Waals surface area contributed by atoms with Crippen molar-refractivity contribution in [3.8, 4) is 5.75 Å². The summed E-state index contributed by atoms with van der Waals surface area (Å²) in [7, 11) is 0. The first-order valence-electron chi connectivity index (χ1n) is 6.92. The molecule has 1 fully saturated rings. The molecule has 0 amide bonds. The predicted octanol–water partition coefficient (Wildman–Crippen LogP) is 2.14. The number of nitrogens with zero attached hydrogens (tertiary/aromatic N) is 1. The van der Waals surface area contributed by atoms with Crippen LogP contribution in [0.1, 0.15) is 31.7 Å². The van der Waals surface area contributed by atoms with E-state index in [1.54, 1.807) is 12.1 Å². The molecule has 0 aromatic heterocycles. The molecule has 1 aromatic carbocycles. The average Bonchev–Trinajstić information content (AvgIpc) is 2.38. The molecule has 2 atom stereocenters. The minimum absolute atomic E-state index is 0.341. The molecule has 1 aliphatic rings. The number of phenolic OH excluding ortho intramolecular Hbond substituents is 1. The van der Waals surface area contributed by atoms with E-state index in [4.69, 9.17) is 5.73 Å². The van der Waals surface area contributed by atoms with Gasteiger partial charge < -0.3 is 10.8 Å². The van der Waals surface area contributed by atoms with E-state index in [2.05, 4.69) is 11.8 Å². The van der Waals surface area contributed by atoms with Gasteiger partial charge in [-0.05, 0) is 56.8 Å². The summed E-state index contributed by atoms with van der Waals surface area (Å²) < 4.78 is 0. The molecule has 2 unspecified atom stereocenters.